The van der Waals surface area contributed by atoms with Crippen molar-refractivity contribution in [1.29, 1.82) is 0 Å². The highest BCUT2D eigenvalue weighted by atomic mass is 16.2. The third-order valence-electron chi connectivity index (χ3n) is 5.54. The van der Waals surface area contributed by atoms with Crippen molar-refractivity contribution in [2.75, 3.05) is 26.2 Å². The zero-order valence-corrected chi connectivity index (χ0v) is 17.3. The van der Waals surface area contributed by atoms with Crippen LogP contribution in [0.4, 0.5) is 0 Å². The van der Waals surface area contributed by atoms with E-state index in [4.69, 9.17) is 0 Å². The number of carbonyl (C=O) groups is 1. The van der Waals surface area contributed by atoms with Crippen molar-refractivity contribution < 1.29 is 4.79 Å². The molecule has 0 radical (unpaired) electrons. The van der Waals surface area contributed by atoms with Crippen molar-refractivity contribution in [3.63, 3.8) is 0 Å². The van der Waals surface area contributed by atoms with Gasteiger partial charge in [-0.1, -0.05) is 26.0 Å². The number of para-hydroxylation sites is 1. The molecule has 2 heterocycles. The smallest absolute Gasteiger partial charge is 0.261 e. The number of likely N-dealkylation sites (tertiary alicyclic amines) is 1. The van der Waals surface area contributed by atoms with Crippen LogP contribution >= 0.6 is 0 Å². The van der Waals surface area contributed by atoms with E-state index < -0.39 is 0 Å². The van der Waals surface area contributed by atoms with Crippen molar-refractivity contribution in [3.8, 4) is 0 Å². The maximum absolute atomic E-state index is 12.6. The summed E-state index contributed by atoms with van der Waals surface area (Å²) < 4.78 is 1.38. The van der Waals surface area contributed by atoms with Gasteiger partial charge in [-0.2, -0.15) is 0 Å². The van der Waals surface area contributed by atoms with Crippen LogP contribution in [-0.2, 0) is 11.3 Å². The molecule has 0 aliphatic carbocycles. The summed E-state index contributed by atoms with van der Waals surface area (Å²) in [7, 11) is 0. The summed E-state index contributed by atoms with van der Waals surface area (Å²) in [6, 6.07) is 5.53. The van der Waals surface area contributed by atoms with E-state index in [1.54, 1.807) is 6.07 Å². The number of fused-ring (bicyclic) bond motifs is 1. The van der Waals surface area contributed by atoms with E-state index in [-0.39, 0.29) is 18.0 Å². The summed E-state index contributed by atoms with van der Waals surface area (Å²) in [6.45, 7) is 10.7. The molecule has 2 atom stereocenters. The number of aromatic nitrogens is 2. The van der Waals surface area contributed by atoms with Crippen LogP contribution < -0.4 is 10.9 Å². The van der Waals surface area contributed by atoms with Crippen LogP contribution in [0.5, 0.6) is 0 Å². The fourth-order valence-electron chi connectivity index (χ4n) is 4.32. The number of amides is 1. The first kappa shape index (κ1) is 20.5. The molecule has 2 aromatic rings. The monoisotopic (exact) mass is 384 g/mol. The molecule has 1 aliphatic rings. The topological polar surface area (TPSA) is 67.2 Å². The highest BCUT2D eigenvalue weighted by molar-refractivity contribution is 5.81. The molecule has 152 valence electrons. The predicted molar refractivity (Wildman–Crippen MR) is 112 cm³/mol. The Hall–Kier alpha value is -2.21. The van der Waals surface area contributed by atoms with E-state index >= 15 is 0 Å². The van der Waals surface area contributed by atoms with Gasteiger partial charge in [-0.3, -0.25) is 14.2 Å². The van der Waals surface area contributed by atoms with Crippen LogP contribution in [0.15, 0.2) is 29.3 Å². The third kappa shape index (κ3) is 5.19. The van der Waals surface area contributed by atoms with Gasteiger partial charge in [-0.15, -0.1) is 0 Å². The molecule has 1 aliphatic heterocycles. The quantitative estimate of drug-likeness (QED) is 0.745. The number of benzene rings is 1. The zero-order valence-electron chi connectivity index (χ0n) is 17.3. The Kier molecular flexibility index (Phi) is 6.83. The standard InChI is InChI=1S/C22H32N4O2/c1-16-11-17(2)13-25(12-16)10-5-4-9-23-20(27)14-26-15-24-21-18(3)7-6-8-19(21)22(26)28/h6-8,15-17H,4-5,9-14H2,1-3H3,(H,23,27)/t16-,17-/m1/s1. The highest BCUT2D eigenvalue weighted by Gasteiger charge is 2.20. The minimum atomic E-state index is -0.169. The van der Waals surface area contributed by atoms with Crippen LogP contribution in [0.1, 0.15) is 38.7 Å². The molecule has 6 heteroatoms. The summed E-state index contributed by atoms with van der Waals surface area (Å²) in [5, 5.41) is 3.48. The second kappa shape index (κ2) is 9.32. The second-order valence-electron chi connectivity index (χ2n) is 8.41. The van der Waals surface area contributed by atoms with E-state index in [0.717, 1.165) is 36.8 Å². The van der Waals surface area contributed by atoms with Crippen LogP contribution in [0.2, 0.25) is 0 Å². The van der Waals surface area contributed by atoms with Crippen molar-refractivity contribution >= 4 is 16.8 Å². The van der Waals surface area contributed by atoms with Gasteiger partial charge in [0.15, 0.2) is 0 Å². The van der Waals surface area contributed by atoms with Crippen molar-refractivity contribution in [1.82, 2.24) is 19.8 Å². The lowest BCUT2D eigenvalue weighted by molar-refractivity contribution is -0.121. The lowest BCUT2D eigenvalue weighted by Gasteiger charge is -2.34. The number of nitrogens with zero attached hydrogens (tertiary/aromatic N) is 3. The summed E-state index contributed by atoms with van der Waals surface area (Å²) in [5.74, 6) is 1.42. The summed E-state index contributed by atoms with van der Waals surface area (Å²) >= 11 is 0. The first-order valence-electron chi connectivity index (χ1n) is 10.4. The molecule has 0 unspecified atom stereocenters. The third-order valence-corrected chi connectivity index (χ3v) is 5.54. The minimum Gasteiger partial charge on any atom is -0.355 e. The number of aryl methyl sites for hydroxylation is 1. The molecule has 0 spiro atoms. The molecule has 6 nitrogen and oxygen atoms in total. The molecular weight excluding hydrogens is 352 g/mol. The van der Waals surface area contributed by atoms with E-state index in [2.05, 4.69) is 29.0 Å². The Morgan fingerprint density at radius 3 is 2.71 bits per heavy atom. The van der Waals surface area contributed by atoms with Crippen molar-refractivity contribution in [2.45, 2.75) is 46.6 Å². The summed E-state index contributed by atoms with van der Waals surface area (Å²) in [4.78, 5) is 31.7. The Labute approximate surface area is 166 Å². The van der Waals surface area contributed by atoms with Gasteiger partial charge in [-0.25, -0.2) is 4.98 Å². The molecule has 1 saturated heterocycles. The lowest BCUT2D eigenvalue weighted by Crippen LogP contribution is -2.39. The Bertz CT molecular complexity index is 866. The number of nitrogens with one attached hydrogen (secondary N) is 1. The van der Waals surface area contributed by atoms with Gasteiger partial charge in [0, 0.05) is 19.6 Å². The van der Waals surface area contributed by atoms with Gasteiger partial charge in [0.25, 0.3) is 5.56 Å². The van der Waals surface area contributed by atoms with Gasteiger partial charge in [-0.05, 0) is 56.2 Å². The number of piperidine rings is 1. The van der Waals surface area contributed by atoms with Gasteiger partial charge < -0.3 is 10.2 Å². The maximum Gasteiger partial charge on any atom is 0.261 e. The highest BCUT2D eigenvalue weighted by Crippen LogP contribution is 2.20. The van der Waals surface area contributed by atoms with Crippen LogP contribution in [-0.4, -0.2) is 46.5 Å². The normalized spacial score (nSPS) is 20.4. The molecule has 1 fully saturated rings. The van der Waals surface area contributed by atoms with Crippen LogP contribution in [0.3, 0.4) is 0 Å². The van der Waals surface area contributed by atoms with Crippen LogP contribution in [0.25, 0.3) is 10.9 Å². The molecule has 1 aromatic heterocycles. The molecule has 1 amide bonds. The van der Waals surface area contributed by atoms with E-state index in [0.29, 0.717) is 17.4 Å². The van der Waals surface area contributed by atoms with Gasteiger partial charge in [0.2, 0.25) is 5.91 Å². The predicted octanol–water partition coefficient (Wildman–Crippen LogP) is 2.58. The first-order chi connectivity index (χ1) is 13.4. The van der Waals surface area contributed by atoms with E-state index in [9.17, 15) is 9.59 Å². The SMILES string of the molecule is Cc1cccc2c(=O)n(CC(=O)NCCCCN3C[C@H](C)C[C@@H](C)C3)cnc12. The largest absolute Gasteiger partial charge is 0.355 e. The number of unbranched alkanes of at least 4 members (excludes halogenated alkanes) is 1. The fourth-order valence-corrected chi connectivity index (χ4v) is 4.32. The molecule has 3 rings (SSSR count). The van der Waals surface area contributed by atoms with Crippen molar-refractivity contribution in [3.05, 3.63) is 40.4 Å². The average Bonchev–Trinajstić information content (AvgIpc) is 2.63. The van der Waals surface area contributed by atoms with Gasteiger partial charge in [0.05, 0.1) is 17.2 Å². The zero-order chi connectivity index (χ0) is 20.1. The molecule has 1 aromatic carbocycles. The Morgan fingerprint density at radius 2 is 1.96 bits per heavy atom. The number of carbonyl (C=O) groups excluding carboxylic acids is 1. The number of hydrogen-bond donors (Lipinski definition) is 1. The Morgan fingerprint density at radius 1 is 1.21 bits per heavy atom. The van der Waals surface area contributed by atoms with Crippen molar-refractivity contribution in [2.24, 2.45) is 11.8 Å². The van der Waals surface area contributed by atoms with E-state index in [1.807, 2.05) is 19.1 Å². The molecule has 1 N–H and O–H groups in total. The van der Waals surface area contributed by atoms with Gasteiger partial charge in [0.1, 0.15) is 6.54 Å². The average molecular weight is 385 g/mol. The first-order valence-corrected chi connectivity index (χ1v) is 10.4. The fraction of sp³-hybridized carbons (Fsp3) is 0.591. The molecule has 0 saturated carbocycles. The second-order valence-corrected chi connectivity index (χ2v) is 8.41. The van der Waals surface area contributed by atoms with Crippen LogP contribution in [0, 0.1) is 18.8 Å². The maximum atomic E-state index is 12.6. The lowest BCUT2D eigenvalue weighted by atomic mass is 9.92. The number of hydrogen-bond acceptors (Lipinski definition) is 4. The van der Waals surface area contributed by atoms with Gasteiger partial charge >= 0.3 is 0 Å². The summed E-state index contributed by atoms with van der Waals surface area (Å²) in [6.07, 6.45) is 4.83. The molecule has 28 heavy (non-hydrogen) atoms. The number of rotatable bonds is 7. The minimum absolute atomic E-state index is 0.0108. The summed E-state index contributed by atoms with van der Waals surface area (Å²) in [5.41, 5.74) is 1.49. The molecule has 0 bridgehead atoms. The molecular formula is C22H32N4O2. The van der Waals surface area contributed by atoms with E-state index in [1.165, 1.54) is 30.4 Å². The Balaban J connectivity index is 1.43.